The molecule has 9 heavy (non-hydrogen) atoms. The smallest absolute Gasteiger partial charge is 0.141 e. The van der Waals surface area contributed by atoms with Crippen LogP contribution in [0.5, 0.6) is 0 Å². The first-order valence-electron chi connectivity index (χ1n) is 3.12. The van der Waals surface area contributed by atoms with E-state index in [1.54, 1.807) is 0 Å². The maximum absolute atomic E-state index is 5.54. The van der Waals surface area contributed by atoms with Crippen molar-refractivity contribution in [2.45, 2.75) is 26.2 Å². The van der Waals surface area contributed by atoms with Crippen molar-refractivity contribution in [1.29, 1.82) is 0 Å². The van der Waals surface area contributed by atoms with Gasteiger partial charge in [-0.2, -0.15) is 0 Å². The molecule has 0 heterocycles. The van der Waals surface area contributed by atoms with Gasteiger partial charge in [0.15, 0.2) is 0 Å². The Bertz CT molecular complexity index is 81.1. The van der Waals surface area contributed by atoms with E-state index >= 15 is 0 Å². The van der Waals surface area contributed by atoms with Crippen LogP contribution in [-0.4, -0.2) is 7.42 Å². The number of rotatable bonds is 4. The van der Waals surface area contributed by atoms with Crippen LogP contribution in [0.3, 0.4) is 0 Å². The van der Waals surface area contributed by atoms with Gasteiger partial charge < -0.3 is 0 Å². The number of hydrogen-bond donors (Lipinski definition) is 0. The third-order valence-electron chi connectivity index (χ3n) is 0.968. The molecule has 0 unspecified atom stereocenters. The standard InChI is InChI=1S/C6H11Cl2Si/c1-2-3-4-5-6-9(7)8/h5-6H,2-4H2,1H3. The quantitative estimate of drug-likeness (QED) is 0.355. The molecular weight excluding hydrogens is 171 g/mol. The molecule has 0 aliphatic heterocycles. The monoisotopic (exact) mass is 181 g/mol. The lowest BCUT2D eigenvalue weighted by atomic mass is 10.2. The van der Waals surface area contributed by atoms with Gasteiger partial charge in [0.1, 0.15) is 0 Å². The maximum Gasteiger partial charge on any atom is 0.299 e. The van der Waals surface area contributed by atoms with Gasteiger partial charge in [-0.1, -0.05) is 31.5 Å². The molecule has 1 radical (unpaired) electrons. The molecule has 0 atom stereocenters. The van der Waals surface area contributed by atoms with E-state index in [1.165, 1.54) is 12.8 Å². The molecule has 0 rings (SSSR count). The molecule has 0 saturated heterocycles. The molecule has 0 fully saturated rings. The van der Waals surface area contributed by atoms with Crippen LogP contribution in [-0.2, 0) is 0 Å². The van der Waals surface area contributed by atoms with Crippen LogP contribution >= 0.6 is 22.2 Å². The van der Waals surface area contributed by atoms with Crippen molar-refractivity contribution < 1.29 is 0 Å². The molecule has 0 aromatic carbocycles. The fourth-order valence-electron chi connectivity index (χ4n) is 0.494. The zero-order valence-electron chi connectivity index (χ0n) is 5.53. The van der Waals surface area contributed by atoms with Crippen LogP contribution in [0.1, 0.15) is 26.2 Å². The van der Waals surface area contributed by atoms with Gasteiger partial charge in [0, 0.05) is 0 Å². The summed E-state index contributed by atoms with van der Waals surface area (Å²) in [7, 11) is -1.15. The van der Waals surface area contributed by atoms with Crippen LogP contribution in [0.4, 0.5) is 0 Å². The molecule has 0 bridgehead atoms. The van der Waals surface area contributed by atoms with Gasteiger partial charge >= 0.3 is 0 Å². The van der Waals surface area contributed by atoms with Crippen molar-refractivity contribution in [2.24, 2.45) is 0 Å². The van der Waals surface area contributed by atoms with Crippen LogP contribution < -0.4 is 0 Å². The number of allylic oxidation sites excluding steroid dienone is 1. The SMILES string of the molecule is CCCCC=C[Si](Cl)Cl. The Hall–Kier alpha value is 0.537. The third kappa shape index (κ3) is 8.54. The normalized spacial score (nSPS) is 11.6. The minimum atomic E-state index is -1.15. The van der Waals surface area contributed by atoms with Crippen molar-refractivity contribution >= 4 is 29.6 Å². The number of unbranched alkanes of at least 4 members (excludes halogenated alkanes) is 2. The van der Waals surface area contributed by atoms with Gasteiger partial charge in [0.25, 0.3) is 7.42 Å². The first-order chi connectivity index (χ1) is 4.27. The second-order valence-corrected chi connectivity index (χ2v) is 5.77. The minimum Gasteiger partial charge on any atom is -0.141 e. The largest absolute Gasteiger partial charge is 0.299 e. The Kier molecular flexibility index (Phi) is 7.05. The van der Waals surface area contributed by atoms with Crippen molar-refractivity contribution in [3.8, 4) is 0 Å². The van der Waals surface area contributed by atoms with E-state index in [0.717, 1.165) is 6.42 Å². The Morgan fingerprint density at radius 1 is 1.44 bits per heavy atom. The fraction of sp³-hybridized carbons (Fsp3) is 0.667. The summed E-state index contributed by atoms with van der Waals surface area (Å²) in [5.74, 6) is 0. The average Bonchev–Trinajstić information content (AvgIpc) is 1.80. The van der Waals surface area contributed by atoms with Crippen molar-refractivity contribution in [1.82, 2.24) is 0 Å². The van der Waals surface area contributed by atoms with Gasteiger partial charge in [0.2, 0.25) is 0 Å². The highest BCUT2D eigenvalue weighted by molar-refractivity contribution is 7.36. The van der Waals surface area contributed by atoms with E-state index < -0.39 is 7.42 Å². The highest BCUT2D eigenvalue weighted by atomic mass is 35.7. The summed E-state index contributed by atoms with van der Waals surface area (Å²) in [4.78, 5) is 0. The van der Waals surface area contributed by atoms with Gasteiger partial charge in [-0.3, -0.25) is 0 Å². The van der Waals surface area contributed by atoms with Gasteiger partial charge in [-0.15, -0.1) is 22.2 Å². The van der Waals surface area contributed by atoms with Crippen LogP contribution in [0.15, 0.2) is 11.8 Å². The predicted octanol–water partition coefficient (Wildman–Crippen LogP) is 3.24. The maximum atomic E-state index is 5.54. The summed E-state index contributed by atoms with van der Waals surface area (Å²) >= 11 is 11.1. The molecule has 0 aromatic heterocycles. The Morgan fingerprint density at radius 3 is 2.56 bits per heavy atom. The minimum absolute atomic E-state index is 1.12. The molecule has 0 amide bonds. The molecule has 53 valence electrons. The molecule has 0 aliphatic carbocycles. The molecular formula is C6H11Cl2Si. The van der Waals surface area contributed by atoms with E-state index in [4.69, 9.17) is 22.2 Å². The second kappa shape index (κ2) is 6.65. The van der Waals surface area contributed by atoms with Crippen molar-refractivity contribution in [3.05, 3.63) is 11.8 Å². The zero-order valence-corrected chi connectivity index (χ0v) is 8.04. The summed E-state index contributed by atoms with van der Waals surface area (Å²) in [5.41, 5.74) is 1.91. The first kappa shape index (κ1) is 9.54. The summed E-state index contributed by atoms with van der Waals surface area (Å²) in [6.07, 6.45) is 5.65. The summed E-state index contributed by atoms with van der Waals surface area (Å²) in [6, 6.07) is 0. The van der Waals surface area contributed by atoms with E-state index in [0.29, 0.717) is 0 Å². The lowest BCUT2D eigenvalue weighted by Crippen LogP contribution is -1.82. The Morgan fingerprint density at radius 2 is 2.11 bits per heavy atom. The van der Waals surface area contributed by atoms with Gasteiger partial charge in [-0.05, 0) is 6.42 Å². The fourth-order valence-corrected chi connectivity index (χ4v) is 1.37. The third-order valence-corrected chi connectivity index (χ3v) is 2.21. The second-order valence-electron chi connectivity index (χ2n) is 1.83. The zero-order chi connectivity index (χ0) is 7.11. The highest BCUT2D eigenvalue weighted by Crippen LogP contribution is 2.00. The Balaban J connectivity index is 3.04. The molecule has 0 N–H and O–H groups in total. The highest BCUT2D eigenvalue weighted by Gasteiger charge is 1.92. The van der Waals surface area contributed by atoms with Crippen molar-refractivity contribution in [2.75, 3.05) is 0 Å². The lowest BCUT2D eigenvalue weighted by Gasteiger charge is -1.87. The Labute approximate surface area is 67.9 Å². The topological polar surface area (TPSA) is 0 Å². The van der Waals surface area contributed by atoms with Crippen LogP contribution in [0.2, 0.25) is 0 Å². The van der Waals surface area contributed by atoms with E-state index in [9.17, 15) is 0 Å². The van der Waals surface area contributed by atoms with E-state index in [1.807, 2.05) is 5.70 Å². The predicted molar refractivity (Wildman–Crippen MR) is 46.1 cm³/mol. The number of hydrogen-bond acceptors (Lipinski definition) is 0. The molecule has 3 heteroatoms. The summed E-state index contributed by atoms with van der Waals surface area (Å²) < 4.78 is 0. The van der Waals surface area contributed by atoms with Gasteiger partial charge in [0.05, 0.1) is 0 Å². The first-order valence-corrected chi connectivity index (χ1v) is 6.72. The van der Waals surface area contributed by atoms with Gasteiger partial charge in [-0.25, -0.2) is 0 Å². The van der Waals surface area contributed by atoms with Crippen LogP contribution in [0, 0.1) is 0 Å². The molecule has 0 saturated carbocycles. The average molecular weight is 182 g/mol. The summed E-state index contributed by atoms with van der Waals surface area (Å²) in [6.45, 7) is 2.17. The molecule has 0 aromatic rings. The number of halogens is 2. The van der Waals surface area contributed by atoms with Crippen molar-refractivity contribution in [3.63, 3.8) is 0 Å². The van der Waals surface area contributed by atoms with Crippen LogP contribution in [0.25, 0.3) is 0 Å². The summed E-state index contributed by atoms with van der Waals surface area (Å²) in [5, 5.41) is 0. The molecule has 0 nitrogen and oxygen atoms in total. The van der Waals surface area contributed by atoms with E-state index in [-0.39, 0.29) is 0 Å². The van der Waals surface area contributed by atoms with E-state index in [2.05, 4.69) is 13.0 Å². The molecule has 0 aliphatic rings. The lowest BCUT2D eigenvalue weighted by molar-refractivity contribution is 0.815. The molecule has 0 spiro atoms.